The van der Waals surface area contributed by atoms with Crippen molar-refractivity contribution in [3.8, 4) is 0 Å². The predicted molar refractivity (Wildman–Crippen MR) is 74.7 cm³/mol. The van der Waals surface area contributed by atoms with Gasteiger partial charge in [-0.05, 0) is 16.7 Å². The molecule has 0 saturated heterocycles. The van der Waals surface area contributed by atoms with Crippen LogP contribution in [-0.4, -0.2) is 6.54 Å². The van der Waals surface area contributed by atoms with Crippen LogP contribution in [0, 0.1) is 0 Å². The van der Waals surface area contributed by atoms with E-state index in [4.69, 9.17) is 4.84 Å². The zero-order valence-electron chi connectivity index (χ0n) is 10.3. The average Bonchev–Trinajstić information content (AvgIpc) is 2.45. The summed E-state index contributed by atoms with van der Waals surface area (Å²) in [4.78, 5) is 5.40. The number of rotatable bonds is 6. The number of hydrogen-bond donors (Lipinski definition) is 1. The molecule has 18 heavy (non-hydrogen) atoms. The summed E-state index contributed by atoms with van der Waals surface area (Å²) < 4.78 is 0. The lowest BCUT2D eigenvalue weighted by Crippen LogP contribution is -2.16. The third-order valence-corrected chi connectivity index (χ3v) is 2.65. The normalized spacial score (nSPS) is 10.2. The molecular formula is C16H17NO. The van der Waals surface area contributed by atoms with Crippen LogP contribution in [0.5, 0.6) is 0 Å². The van der Waals surface area contributed by atoms with Crippen molar-refractivity contribution in [2.75, 3.05) is 6.54 Å². The van der Waals surface area contributed by atoms with E-state index in [1.807, 2.05) is 60.7 Å². The number of hydroxylamine groups is 1. The zero-order valence-corrected chi connectivity index (χ0v) is 10.3. The molecule has 2 aromatic carbocycles. The molecule has 1 N–H and O–H groups in total. The molecule has 0 aliphatic carbocycles. The second-order valence-corrected chi connectivity index (χ2v) is 4.06. The molecular weight excluding hydrogens is 222 g/mol. The van der Waals surface area contributed by atoms with Crippen molar-refractivity contribution in [2.24, 2.45) is 0 Å². The topological polar surface area (TPSA) is 21.3 Å². The summed E-state index contributed by atoms with van der Waals surface area (Å²) in [6, 6.07) is 20.2. The molecule has 2 aromatic rings. The Labute approximate surface area is 108 Å². The van der Waals surface area contributed by atoms with Crippen LogP contribution in [0.1, 0.15) is 11.1 Å². The van der Waals surface area contributed by atoms with E-state index >= 15 is 0 Å². The first-order chi connectivity index (χ1) is 8.86. The maximum Gasteiger partial charge on any atom is 0.0933 e. The van der Waals surface area contributed by atoms with Gasteiger partial charge >= 0.3 is 0 Å². The fraction of sp³-hybridized carbons (Fsp3) is 0.125. The van der Waals surface area contributed by atoms with Gasteiger partial charge in [0.2, 0.25) is 0 Å². The molecule has 0 saturated carbocycles. The quantitative estimate of drug-likeness (QED) is 0.616. The van der Waals surface area contributed by atoms with E-state index in [2.05, 4.69) is 12.1 Å². The SMILES string of the molecule is C=C(CNOCc1ccccc1)c1ccccc1. The van der Waals surface area contributed by atoms with Crippen LogP contribution in [0.25, 0.3) is 5.57 Å². The second kappa shape index (κ2) is 6.74. The summed E-state index contributed by atoms with van der Waals surface area (Å²) in [5.74, 6) is 0. The molecule has 0 bridgehead atoms. The van der Waals surface area contributed by atoms with E-state index in [0.29, 0.717) is 13.2 Å². The summed E-state index contributed by atoms with van der Waals surface area (Å²) in [6.45, 7) is 5.21. The molecule has 0 radical (unpaired) electrons. The van der Waals surface area contributed by atoms with E-state index < -0.39 is 0 Å². The lowest BCUT2D eigenvalue weighted by atomic mass is 10.1. The summed E-state index contributed by atoms with van der Waals surface area (Å²) >= 11 is 0. The highest BCUT2D eigenvalue weighted by Crippen LogP contribution is 2.10. The van der Waals surface area contributed by atoms with E-state index in [-0.39, 0.29) is 0 Å². The van der Waals surface area contributed by atoms with Crippen LogP contribution in [0.3, 0.4) is 0 Å². The number of hydrogen-bond acceptors (Lipinski definition) is 2. The molecule has 0 aliphatic heterocycles. The molecule has 92 valence electrons. The molecule has 2 rings (SSSR count). The Morgan fingerprint density at radius 2 is 1.56 bits per heavy atom. The van der Waals surface area contributed by atoms with E-state index in [1.54, 1.807) is 0 Å². The fourth-order valence-electron chi connectivity index (χ4n) is 1.62. The molecule has 0 amide bonds. The largest absolute Gasteiger partial charge is 0.297 e. The van der Waals surface area contributed by atoms with Gasteiger partial charge in [-0.25, -0.2) is 0 Å². The Hall–Kier alpha value is -1.90. The molecule has 0 unspecified atom stereocenters. The van der Waals surface area contributed by atoms with Crippen molar-refractivity contribution in [3.05, 3.63) is 78.4 Å². The van der Waals surface area contributed by atoms with Gasteiger partial charge in [-0.2, -0.15) is 5.48 Å². The van der Waals surface area contributed by atoms with Crippen LogP contribution in [-0.2, 0) is 11.4 Å². The Morgan fingerprint density at radius 3 is 2.22 bits per heavy atom. The first kappa shape index (κ1) is 12.6. The van der Waals surface area contributed by atoms with Gasteiger partial charge in [-0.3, -0.25) is 4.84 Å². The van der Waals surface area contributed by atoms with Gasteiger partial charge in [0.15, 0.2) is 0 Å². The minimum absolute atomic E-state index is 0.558. The molecule has 0 atom stereocenters. The predicted octanol–water partition coefficient (Wildman–Crippen LogP) is 3.42. The Kier molecular flexibility index (Phi) is 4.70. The lowest BCUT2D eigenvalue weighted by molar-refractivity contribution is 0.0365. The summed E-state index contributed by atoms with van der Waals surface area (Å²) in [6.07, 6.45) is 0. The second-order valence-electron chi connectivity index (χ2n) is 4.06. The molecule has 2 nitrogen and oxygen atoms in total. The van der Waals surface area contributed by atoms with Crippen molar-refractivity contribution in [2.45, 2.75) is 6.61 Å². The lowest BCUT2D eigenvalue weighted by Gasteiger charge is -2.08. The standard InChI is InChI=1S/C16H17NO/c1-14(16-10-6-3-7-11-16)12-17-18-13-15-8-4-2-5-9-15/h2-11,17H,1,12-13H2. The van der Waals surface area contributed by atoms with Crippen molar-refractivity contribution in [3.63, 3.8) is 0 Å². The van der Waals surface area contributed by atoms with Crippen molar-refractivity contribution in [1.82, 2.24) is 5.48 Å². The monoisotopic (exact) mass is 239 g/mol. The van der Waals surface area contributed by atoms with Gasteiger partial charge in [0.25, 0.3) is 0 Å². The maximum absolute atomic E-state index is 5.40. The number of nitrogens with one attached hydrogen (secondary N) is 1. The van der Waals surface area contributed by atoms with Crippen molar-refractivity contribution >= 4 is 5.57 Å². The van der Waals surface area contributed by atoms with Gasteiger partial charge in [-0.15, -0.1) is 0 Å². The van der Waals surface area contributed by atoms with Crippen molar-refractivity contribution < 1.29 is 4.84 Å². The molecule has 0 fully saturated rings. The van der Waals surface area contributed by atoms with E-state index in [9.17, 15) is 0 Å². The van der Waals surface area contributed by atoms with E-state index in [1.165, 1.54) is 0 Å². The third-order valence-electron chi connectivity index (χ3n) is 2.65. The van der Waals surface area contributed by atoms with Crippen molar-refractivity contribution in [1.29, 1.82) is 0 Å². The van der Waals surface area contributed by atoms with Crippen LogP contribution in [0.15, 0.2) is 67.2 Å². The summed E-state index contributed by atoms with van der Waals surface area (Å²) in [5, 5.41) is 0. The molecule has 0 heterocycles. The van der Waals surface area contributed by atoms with Crippen LogP contribution in [0.4, 0.5) is 0 Å². The summed E-state index contributed by atoms with van der Waals surface area (Å²) in [5.41, 5.74) is 6.23. The van der Waals surface area contributed by atoms with E-state index in [0.717, 1.165) is 16.7 Å². The Morgan fingerprint density at radius 1 is 0.944 bits per heavy atom. The highest BCUT2D eigenvalue weighted by atomic mass is 16.6. The average molecular weight is 239 g/mol. The molecule has 0 spiro atoms. The smallest absolute Gasteiger partial charge is 0.0933 e. The zero-order chi connectivity index (χ0) is 12.6. The Bertz CT molecular complexity index is 479. The van der Waals surface area contributed by atoms with Crippen LogP contribution in [0.2, 0.25) is 0 Å². The third kappa shape index (κ3) is 3.84. The highest BCUT2D eigenvalue weighted by molar-refractivity contribution is 5.64. The van der Waals surface area contributed by atoms with Crippen LogP contribution >= 0.6 is 0 Å². The minimum Gasteiger partial charge on any atom is -0.297 e. The number of benzene rings is 2. The first-order valence-corrected chi connectivity index (χ1v) is 5.98. The van der Waals surface area contributed by atoms with Gasteiger partial charge in [0.05, 0.1) is 6.61 Å². The molecule has 0 aliphatic rings. The first-order valence-electron chi connectivity index (χ1n) is 5.98. The molecule has 2 heteroatoms. The van der Waals surface area contributed by atoms with Gasteiger partial charge in [0, 0.05) is 6.54 Å². The highest BCUT2D eigenvalue weighted by Gasteiger charge is 1.97. The minimum atomic E-state index is 0.558. The van der Waals surface area contributed by atoms with Gasteiger partial charge in [-0.1, -0.05) is 67.2 Å². The fourth-order valence-corrected chi connectivity index (χ4v) is 1.62. The maximum atomic E-state index is 5.40. The van der Waals surface area contributed by atoms with Gasteiger partial charge < -0.3 is 0 Å². The van der Waals surface area contributed by atoms with Gasteiger partial charge in [0.1, 0.15) is 0 Å². The Balaban J connectivity index is 1.72. The summed E-state index contributed by atoms with van der Waals surface area (Å²) in [7, 11) is 0. The van der Waals surface area contributed by atoms with Crippen LogP contribution < -0.4 is 5.48 Å². The molecule has 0 aromatic heterocycles.